The fraction of sp³-hybridized carbons (Fsp3) is 0.364. The normalized spacial score (nSPS) is 19.4. The summed E-state index contributed by atoms with van der Waals surface area (Å²) in [6.45, 7) is 0. The largest absolute Gasteiger partial charge is 0.309 e. The molecule has 1 amide bonds. The molecule has 0 spiro atoms. The number of hydrogen-bond acceptors (Lipinski definition) is 3. The number of carbonyl (C=O) groups excluding carboxylic acids is 1. The number of halogens is 1. The number of rotatable bonds is 2. The van der Waals surface area contributed by atoms with Crippen LogP contribution in [0.15, 0.2) is 24.3 Å². The van der Waals surface area contributed by atoms with E-state index in [0.29, 0.717) is 11.0 Å². The predicted octanol–water partition coefficient (Wildman–Crippen LogP) is 2.42. The molecule has 1 unspecified atom stereocenters. The fourth-order valence-corrected chi connectivity index (χ4v) is 1.74. The lowest BCUT2D eigenvalue weighted by Gasteiger charge is -2.16. The molecular weight excluding hydrogens is 226 g/mol. The van der Waals surface area contributed by atoms with Crippen molar-refractivity contribution in [2.24, 2.45) is 5.92 Å². The maximum Gasteiger partial charge on any atom is 0.229 e. The molecule has 0 fully saturated rings. The molecule has 1 aliphatic rings. The van der Waals surface area contributed by atoms with Crippen molar-refractivity contribution in [1.29, 1.82) is 0 Å². The molecule has 1 heterocycles. The Morgan fingerprint density at radius 1 is 1.38 bits per heavy atom. The van der Waals surface area contributed by atoms with Crippen LogP contribution in [0.2, 0.25) is 5.15 Å². The molecular formula is C11H12ClN3O. The van der Waals surface area contributed by atoms with Gasteiger partial charge in [0.1, 0.15) is 0 Å². The van der Waals surface area contributed by atoms with Gasteiger partial charge in [0.05, 0.1) is 0 Å². The van der Waals surface area contributed by atoms with Gasteiger partial charge in [0.2, 0.25) is 5.91 Å². The Bertz CT molecular complexity index is 402. The van der Waals surface area contributed by atoms with Gasteiger partial charge in [-0.2, -0.15) is 0 Å². The predicted molar refractivity (Wildman–Crippen MR) is 62.2 cm³/mol. The molecule has 0 radical (unpaired) electrons. The first-order chi connectivity index (χ1) is 7.75. The van der Waals surface area contributed by atoms with Crippen LogP contribution in [0, 0.1) is 5.92 Å². The Morgan fingerprint density at radius 3 is 2.88 bits per heavy atom. The highest BCUT2D eigenvalue weighted by molar-refractivity contribution is 6.29. The van der Waals surface area contributed by atoms with Crippen molar-refractivity contribution in [3.8, 4) is 0 Å². The maximum absolute atomic E-state index is 11.8. The zero-order valence-electron chi connectivity index (χ0n) is 8.69. The van der Waals surface area contributed by atoms with E-state index in [0.717, 1.165) is 19.3 Å². The minimum Gasteiger partial charge on any atom is -0.309 e. The molecule has 1 aromatic rings. The van der Waals surface area contributed by atoms with Crippen molar-refractivity contribution in [2.75, 3.05) is 5.32 Å². The highest BCUT2D eigenvalue weighted by Gasteiger charge is 2.18. The van der Waals surface area contributed by atoms with Gasteiger partial charge in [-0.3, -0.25) is 4.79 Å². The average molecular weight is 238 g/mol. The molecule has 0 aromatic carbocycles. The molecule has 84 valence electrons. The summed E-state index contributed by atoms with van der Waals surface area (Å²) < 4.78 is 0. The number of carbonyl (C=O) groups is 1. The number of nitrogens with one attached hydrogen (secondary N) is 1. The van der Waals surface area contributed by atoms with Gasteiger partial charge in [-0.1, -0.05) is 23.8 Å². The molecule has 0 saturated carbocycles. The van der Waals surface area contributed by atoms with Crippen LogP contribution in [0.4, 0.5) is 5.82 Å². The molecule has 2 rings (SSSR count). The summed E-state index contributed by atoms with van der Waals surface area (Å²) in [4.78, 5) is 11.8. The van der Waals surface area contributed by atoms with E-state index in [9.17, 15) is 4.79 Å². The average Bonchev–Trinajstić information content (AvgIpc) is 2.33. The van der Waals surface area contributed by atoms with Crippen molar-refractivity contribution in [1.82, 2.24) is 10.2 Å². The lowest BCUT2D eigenvalue weighted by Crippen LogP contribution is -2.24. The van der Waals surface area contributed by atoms with Crippen LogP contribution in [0.5, 0.6) is 0 Å². The van der Waals surface area contributed by atoms with Gasteiger partial charge in [-0.05, 0) is 31.4 Å². The van der Waals surface area contributed by atoms with Crippen LogP contribution in [-0.4, -0.2) is 16.1 Å². The van der Waals surface area contributed by atoms with E-state index >= 15 is 0 Å². The van der Waals surface area contributed by atoms with Gasteiger partial charge >= 0.3 is 0 Å². The summed E-state index contributed by atoms with van der Waals surface area (Å²) in [7, 11) is 0. The molecule has 5 heteroatoms. The first-order valence-electron chi connectivity index (χ1n) is 5.21. The standard InChI is InChI=1S/C11H12ClN3O/c12-9-6-7-10(15-14-9)13-11(16)8-4-2-1-3-5-8/h1-2,6-8H,3-5H2,(H,13,15,16). The molecule has 0 aliphatic heterocycles. The minimum atomic E-state index is 0.000900. The number of allylic oxidation sites excluding steroid dienone is 2. The quantitative estimate of drug-likeness (QED) is 0.804. The molecule has 0 saturated heterocycles. The van der Waals surface area contributed by atoms with Crippen LogP contribution >= 0.6 is 11.6 Å². The number of aromatic nitrogens is 2. The van der Waals surface area contributed by atoms with Crippen molar-refractivity contribution in [3.05, 3.63) is 29.4 Å². The van der Waals surface area contributed by atoms with Gasteiger partial charge in [-0.25, -0.2) is 0 Å². The second kappa shape index (κ2) is 5.07. The van der Waals surface area contributed by atoms with Crippen molar-refractivity contribution in [3.63, 3.8) is 0 Å². The Morgan fingerprint density at radius 2 is 2.25 bits per heavy atom. The van der Waals surface area contributed by atoms with E-state index in [1.165, 1.54) is 0 Å². The molecule has 1 aliphatic carbocycles. The van der Waals surface area contributed by atoms with E-state index in [-0.39, 0.29) is 11.8 Å². The summed E-state index contributed by atoms with van der Waals surface area (Å²) in [6, 6.07) is 3.25. The number of nitrogens with zero attached hydrogens (tertiary/aromatic N) is 2. The molecule has 1 aromatic heterocycles. The van der Waals surface area contributed by atoms with Crippen LogP contribution in [0.1, 0.15) is 19.3 Å². The molecule has 16 heavy (non-hydrogen) atoms. The maximum atomic E-state index is 11.8. The first kappa shape index (κ1) is 11.1. The second-order valence-electron chi connectivity index (χ2n) is 3.71. The molecule has 4 nitrogen and oxygen atoms in total. The Balaban J connectivity index is 1.96. The van der Waals surface area contributed by atoms with E-state index < -0.39 is 0 Å². The van der Waals surface area contributed by atoms with E-state index in [1.807, 2.05) is 6.08 Å². The van der Waals surface area contributed by atoms with Crippen molar-refractivity contribution < 1.29 is 4.79 Å². The van der Waals surface area contributed by atoms with Crippen LogP contribution in [0.25, 0.3) is 0 Å². The Labute approximate surface area is 98.7 Å². The zero-order valence-corrected chi connectivity index (χ0v) is 9.44. The summed E-state index contributed by atoms with van der Waals surface area (Å²) >= 11 is 5.60. The Hall–Kier alpha value is -1.42. The molecule has 1 N–H and O–H groups in total. The van der Waals surface area contributed by atoms with Gasteiger partial charge < -0.3 is 5.32 Å². The third-order valence-corrected chi connectivity index (χ3v) is 2.72. The van der Waals surface area contributed by atoms with Gasteiger partial charge in [0, 0.05) is 5.92 Å². The number of amides is 1. The highest BCUT2D eigenvalue weighted by atomic mass is 35.5. The summed E-state index contributed by atoms with van der Waals surface area (Å²) in [5, 5.41) is 10.5. The molecule has 0 bridgehead atoms. The third-order valence-electron chi connectivity index (χ3n) is 2.52. The Kier molecular flexibility index (Phi) is 3.51. The lowest BCUT2D eigenvalue weighted by molar-refractivity contribution is -0.120. The van der Waals surface area contributed by atoms with Crippen LogP contribution in [-0.2, 0) is 4.79 Å². The number of anilines is 1. The smallest absolute Gasteiger partial charge is 0.229 e. The topological polar surface area (TPSA) is 54.9 Å². The molecule has 1 atom stereocenters. The SMILES string of the molecule is O=C(Nc1ccc(Cl)nn1)C1CC=CCC1. The van der Waals surface area contributed by atoms with Gasteiger partial charge in [0.25, 0.3) is 0 Å². The van der Waals surface area contributed by atoms with Crippen molar-refractivity contribution in [2.45, 2.75) is 19.3 Å². The first-order valence-corrected chi connectivity index (χ1v) is 5.58. The summed E-state index contributed by atoms with van der Waals surface area (Å²) in [5.74, 6) is 0.493. The van der Waals surface area contributed by atoms with Crippen molar-refractivity contribution >= 4 is 23.3 Å². The minimum absolute atomic E-state index is 0.000900. The van der Waals surface area contributed by atoms with Crippen LogP contribution in [0.3, 0.4) is 0 Å². The monoisotopic (exact) mass is 237 g/mol. The van der Waals surface area contributed by atoms with E-state index in [1.54, 1.807) is 12.1 Å². The highest BCUT2D eigenvalue weighted by Crippen LogP contribution is 2.19. The summed E-state index contributed by atoms with van der Waals surface area (Å²) in [5.41, 5.74) is 0. The van der Waals surface area contributed by atoms with Gasteiger partial charge in [-0.15, -0.1) is 10.2 Å². The summed E-state index contributed by atoms with van der Waals surface area (Å²) in [6.07, 6.45) is 6.80. The zero-order chi connectivity index (χ0) is 11.4. The second-order valence-corrected chi connectivity index (χ2v) is 4.10. The number of hydrogen-bond donors (Lipinski definition) is 1. The fourth-order valence-electron chi connectivity index (χ4n) is 1.64. The van der Waals surface area contributed by atoms with Gasteiger partial charge in [0.15, 0.2) is 11.0 Å². The lowest BCUT2D eigenvalue weighted by atomic mass is 9.94. The van der Waals surface area contributed by atoms with E-state index in [2.05, 4.69) is 21.6 Å². The third kappa shape index (κ3) is 2.79. The van der Waals surface area contributed by atoms with Crippen LogP contribution < -0.4 is 5.32 Å². The van der Waals surface area contributed by atoms with E-state index in [4.69, 9.17) is 11.6 Å².